The number of nitrogens with one attached hydrogen (secondary N) is 3. The monoisotopic (exact) mass is 221 g/mol. The zero-order chi connectivity index (χ0) is 11.2. The van der Waals surface area contributed by atoms with Crippen LogP contribution in [0.5, 0.6) is 0 Å². The highest BCUT2D eigenvalue weighted by atomic mass is 16.2. The second kappa shape index (κ2) is 5.29. The average Bonchev–Trinajstić information content (AvgIpc) is 2.81. The van der Waals surface area contributed by atoms with Crippen molar-refractivity contribution in [3.8, 4) is 0 Å². The molecule has 3 N–H and O–H groups in total. The standard InChI is InChI=1S/C10H15N5O/c16-10(14-9-12-7-13-15-9)11-6-8-4-2-1-3-5-8/h6-7H,1-5H2,(H3,11,12,13,14,15,16). The first-order valence-electron chi connectivity index (χ1n) is 5.45. The van der Waals surface area contributed by atoms with Gasteiger partial charge in [0.05, 0.1) is 0 Å². The number of urea groups is 1. The summed E-state index contributed by atoms with van der Waals surface area (Å²) in [5.41, 5.74) is 1.30. The van der Waals surface area contributed by atoms with Crippen molar-refractivity contribution in [1.82, 2.24) is 20.5 Å². The first kappa shape index (κ1) is 10.7. The summed E-state index contributed by atoms with van der Waals surface area (Å²) in [5, 5.41) is 11.4. The van der Waals surface area contributed by atoms with Crippen LogP contribution in [0.15, 0.2) is 18.1 Å². The summed E-state index contributed by atoms with van der Waals surface area (Å²) < 4.78 is 0. The van der Waals surface area contributed by atoms with Crippen molar-refractivity contribution in [3.05, 3.63) is 18.1 Å². The second-order valence-corrected chi connectivity index (χ2v) is 3.80. The fourth-order valence-electron chi connectivity index (χ4n) is 1.73. The lowest BCUT2D eigenvalue weighted by molar-refractivity contribution is 0.254. The fraction of sp³-hybridized carbons (Fsp3) is 0.500. The van der Waals surface area contributed by atoms with Crippen LogP contribution in [0.1, 0.15) is 32.1 Å². The van der Waals surface area contributed by atoms with Gasteiger partial charge in [-0.25, -0.2) is 9.89 Å². The Balaban J connectivity index is 1.78. The van der Waals surface area contributed by atoms with Crippen LogP contribution in [0.25, 0.3) is 0 Å². The lowest BCUT2D eigenvalue weighted by Gasteiger charge is -2.13. The molecule has 1 aromatic rings. The van der Waals surface area contributed by atoms with Gasteiger partial charge < -0.3 is 5.32 Å². The minimum atomic E-state index is -0.296. The SMILES string of the molecule is O=C(NC=C1CCCCC1)Nc1ncn[nH]1. The Morgan fingerprint density at radius 1 is 1.38 bits per heavy atom. The van der Waals surface area contributed by atoms with E-state index in [1.807, 2.05) is 0 Å². The van der Waals surface area contributed by atoms with Crippen LogP contribution < -0.4 is 10.6 Å². The van der Waals surface area contributed by atoms with Gasteiger partial charge in [0.2, 0.25) is 5.95 Å². The Hall–Kier alpha value is -1.85. The molecule has 0 unspecified atom stereocenters. The predicted octanol–water partition coefficient (Wildman–Crippen LogP) is 1.77. The van der Waals surface area contributed by atoms with E-state index >= 15 is 0 Å². The van der Waals surface area contributed by atoms with Crippen LogP contribution in [0.4, 0.5) is 10.7 Å². The summed E-state index contributed by atoms with van der Waals surface area (Å²) in [6, 6.07) is -0.296. The molecule has 86 valence electrons. The van der Waals surface area contributed by atoms with Gasteiger partial charge in [0.15, 0.2) is 0 Å². The Labute approximate surface area is 93.5 Å². The minimum absolute atomic E-state index is 0.296. The molecule has 0 saturated heterocycles. The first-order chi connectivity index (χ1) is 7.84. The summed E-state index contributed by atoms with van der Waals surface area (Å²) in [5.74, 6) is 0.347. The third-order valence-electron chi connectivity index (χ3n) is 2.55. The smallest absolute Gasteiger partial charge is 0.314 e. The summed E-state index contributed by atoms with van der Waals surface area (Å²) in [7, 11) is 0. The topological polar surface area (TPSA) is 82.7 Å². The van der Waals surface area contributed by atoms with Crippen molar-refractivity contribution >= 4 is 12.0 Å². The molecule has 1 aromatic heterocycles. The normalized spacial score (nSPS) is 15.6. The zero-order valence-corrected chi connectivity index (χ0v) is 8.99. The van der Waals surface area contributed by atoms with Gasteiger partial charge in [0.1, 0.15) is 6.33 Å². The molecule has 0 spiro atoms. The minimum Gasteiger partial charge on any atom is -0.314 e. The molecule has 1 fully saturated rings. The maximum Gasteiger partial charge on any atom is 0.325 e. The summed E-state index contributed by atoms with van der Waals surface area (Å²) in [4.78, 5) is 15.2. The lowest BCUT2D eigenvalue weighted by Crippen LogP contribution is -2.25. The van der Waals surface area contributed by atoms with Crippen molar-refractivity contribution in [2.75, 3.05) is 5.32 Å². The van der Waals surface area contributed by atoms with E-state index in [0.717, 1.165) is 12.8 Å². The van der Waals surface area contributed by atoms with Crippen molar-refractivity contribution in [3.63, 3.8) is 0 Å². The molecule has 2 amide bonds. The van der Waals surface area contributed by atoms with Crippen molar-refractivity contribution < 1.29 is 4.79 Å². The first-order valence-corrected chi connectivity index (χ1v) is 5.45. The Morgan fingerprint density at radius 2 is 2.19 bits per heavy atom. The number of hydrogen-bond donors (Lipinski definition) is 3. The van der Waals surface area contributed by atoms with Crippen molar-refractivity contribution in [2.24, 2.45) is 0 Å². The highest BCUT2D eigenvalue weighted by Gasteiger charge is 2.06. The maximum absolute atomic E-state index is 11.4. The highest BCUT2D eigenvalue weighted by molar-refractivity contribution is 5.87. The van der Waals surface area contributed by atoms with E-state index in [1.165, 1.54) is 31.2 Å². The number of carbonyl (C=O) groups excluding carboxylic acids is 1. The van der Waals surface area contributed by atoms with Gasteiger partial charge in [-0.2, -0.15) is 10.1 Å². The molecular formula is C10H15N5O. The molecule has 0 atom stereocenters. The number of nitrogens with zero attached hydrogens (tertiary/aromatic N) is 2. The van der Waals surface area contributed by atoms with Gasteiger partial charge in [-0.05, 0) is 25.7 Å². The Morgan fingerprint density at radius 3 is 2.88 bits per heavy atom. The molecule has 16 heavy (non-hydrogen) atoms. The third-order valence-corrected chi connectivity index (χ3v) is 2.55. The summed E-state index contributed by atoms with van der Waals surface area (Å²) >= 11 is 0. The van der Waals surface area contributed by atoms with Crippen molar-refractivity contribution in [2.45, 2.75) is 32.1 Å². The van der Waals surface area contributed by atoms with Crippen LogP contribution in [-0.2, 0) is 0 Å². The van der Waals surface area contributed by atoms with Gasteiger partial charge in [-0.15, -0.1) is 0 Å². The molecule has 6 heteroatoms. The number of rotatable bonds is 2. The van der Waals surface area contributed by atoms with E-state index in [9.17, 15) is 4.79 Å². The summed E-state index contributed by atoms with van der Waals surface area (Å²) in [6.07, 6.45) is 9.04. The number of hydrogen-bond acceptors (Lipinski definition) is 3. The van der Waals surface area contributed by atoms with Crippen LogP contribution in [0.2, 0.25) is 0 Å². The van der Waals surface area contributed by atoms with Gasteiger partial charge in [0, 0.05) is 6.20 Å². The molecule has 2 rings (SSSR count). The number of aromatic nitrogens is 3. The predicted molar refractivity (Wildman–Crippen MR) is 59.7 cm³/mol. The van der Waals surface area contributed by atoms with Crippen LogP contribution >= 0.6 is 0 Å². The number of aromatic amines is 1. The number of amides is 2. The second-order valence-electron chi connectivity index (χ2n) is 3.80. The van der Waals surface area contributed by atoms with Crippen LogP contribution in [-0.4, -0.2) is 21.2 Å². The molecule has 1 aliphatic rings. The number of anilines is 1. The Bertz CT molecular complexity index is 363. The zero-order valence-electron chi connectivity index (χ0n) is 8.99. The average molecular weight is 221 g/mol. The van der Waals surface area contributed by atoms with Crippen molar-refractivity contribution in [1.29, 1.82) is 0 Å². The van der Waals surface area contributed by atoms with E-state index in [4.69, 9.17) is 0 Å². The number of allylic oxidation sites excluding steroid dienone is 1. The molecule has 0 aromatic carbocycles. The fourth-order valence-corrected chi connectivity index (χ4v) is 1.73. The van der Waals surface area contributed by atoms with E-state index in [2.05, 4.69) is 25.8 Å². The molecule has 0 bridgehead atoms. The molecule has 0 aliphatic heterocycles. The maximum atomic E-state index is 11.4. The molecule has 1 heterocycles. The van der Waals surface area contributed by atoms with E-state index < -0.39 is 0 Å². The van der Waals surface area contributed by atoms with Crippen LogP contribution in [0.3, 0.4) is 0 Å². The molecule has 0 radical (unpaired) electrons. The van der Waals surface area contributed by atoms with E-state index in [1.54, 1.807) is 6.20 Å². The molecular weight excluding hydrogens is 206 g/mol. The van der Waals surface area contributed by atoms with Gasteiger partial charge >= 0.3 is 6.03 Å². The quantitative estimate of drug-likeness (QED) is 0.711. The Kier molecular flexibility index (Phi) is 3.53. The largest absolute Gasteiger partial charge is 0.325 e. The van der Waals surface area contributed by atoms with E-state index in [0.29, 0.717) is 5.95 Å². The van der Waals surface area contributed by atoms with Gasteiger partial charge in [0.25, 0.3) is 0 Å². The molecule has 1 aliphatic carbocycles. The summed E-state index contributed by atoms with van der Waals surface area (Å²) in [6.45, 7) is 0. The van der Waals surface area contributed by atoms with E-state index in [-0.39, 0.29) is 6.03 Å². The number of carbonyl (C=O) groups is 1. The third kappa shape index (κ3) is 3.08. The van der Waals surface area contributed by atoms with Crippen LogP contribution in [0, 0.1) is 0 Å². The van der Waals surface area contributed by atoms with Gasteiger partial charge in [-0.1, -0.05) is 12.0 Å². The van der Waals surface area contributed by atoms with Gasteiger partial charge in [-0.3, -0.25) is 5.32 Å². The number of H-pyrrole nitrogens is 1. The molecule has 6 nitrogen and oxygen atoms in total. The highest BCUT2D eigenvalue weighted by Crippen LogP contribution is 2.21. The lowest BCUT2D eigenvalue weighted by atomic mass is 9.96. The molecule has 1 saturated carbocycles.